The number of sulfonamides is 1. The third kappa shape index (κ3) is 4.28. The summed E-state index contributed by atoms with van der Waals surface area (Å²) in [4.78, 5) is 10.7. The van der Waals surface area contributed by atoms with Crippen LogP contribution in [-0.2, 0) is 14.8 Å². The van der Waals surface area contributed by atoms with E-state index >= 15 is 0 Å². The van der Waals surface area contributed by atoms with Gasteiger partial charge in [-0.3, -0.25) is 4.79 Å². The standard InChI is InChI=1S/C15H13ClF2N2O3S/c1-9-5-6-10(7-11(9)16)20-14(21)8-19-24(22,23)15-12(17)3-2-4-13(15)18/h2-7,19H,8H2,1H3,(H,20,21). The molecule has 0 atom stereocenters. The van der Waals surface area contributed by atoms with Crippen LogP contribution < -0.4 is 10.0 Å². The largest absolute Gasteiger partial charge is 0.325 e. The molecule has 2 N–H and O–H groups in total. The maximum absolute atomic E-state index is 13.5. The van der Waals surface area contributed by atoms with Crippen molar-refractivity contribution in [3.8, 4) is 0 Å². The number of amides is 1. The highest BCUT2D eigenvalue weighted by molar-refractivity contribution is 7.89. The normalized spacial score (nSPS) is 11.3. The number of rotatable bonds is 5. The Kier molecular flexibility index (Phi) is 5.53. The summed E-state index contributed by atoms with van der Waals surface area (Å²) in [5.74, 6) is -3.20. The molecule has 0 aliphatic rings. The summed E-state index contributed by atoms with van der Waals surface area (Å²) in [6.07, 6.45) is 0. The highest BCUT2D eigenvalue weighted by Crippen LogP contribution is 2.20. The Hall–Kier alpha value is -2.03. The lowest BCUT2D eigenvalue weighted by Gasteiger charge is -2.10. The lowest BCUT2D eigenvalue weighted by Crippen LogP contribution is -2.33. The first-order valence-corrected chi connectivity index (χ1v) is 8.56. The molecule has 2 rings (SSSR count). The molecule has 0 fully saturated rings. The Labute approximate surface area is 142 Å². The van der Waals surface area contributed by atoms with Gasteiger partial charge in [0, 0.05) is 10.7 Å². The molecule has 24 heavy (non-hydrogen) atoms. The molecule has 0 aliphatic carbocycles. The van der Waals surface area contributed by atoms with Crippen LogP contribution in [0.25, 0.3) is 0 Å². The van der Waals surface area contributed by atoms with Crippen LogP contribution in [0, 0.1) is 18.6 Å². The molecule has 0 spiro atoms. The van der Waals surface area contributed by atoms with Crippen LogP contribution in [0.2, 0.25) is 5.02 Å². The molecule has 5 nitrogen and oxygen atoms in total. The highest BCUT2D eigenvalue weighted by atomic mass is 35.5. The van der Waals surface area contributed by atoms with Gasteiger partial charge in [0.05, 0.1) is 6.54 Å². The molecule has 0 heterocycles. The Morgan fingerprint density at radius 2 is 1.79 bits per heavy atom. The molecular formula is C15H13ClF2N2O3S. The number of carbonyl (C=O) groups is 1. The van der Waals surface area contributed by atoms with Gasteiger partial charge in [0.1, 0.15) is 11.6 Å². The molecule has 0 unspecified atom stereocenters. The average Bonchev–Trinajstić information content (AvgIpc) is 2.49. The monoisotopic (exact) mass is 374 g/mol. The molecule has 9 heteroatoms. The van der Waals surface area contributed by atoms with Crippen molar-refractivity contribution in [1.29, 1.82) is 0 Å². The summed E-state index contributed by atoms with van der Waals surface area (Å²) >= 11 is 5.92. The van der Waals surface area contributed by atoms with E-state index in [-0.39, 0.29) is 0 Å². The summed E-state index contributed by atoms with van der Waals surface area (Å²) in [6.45, 7) is 1.09. The first kappa shape index (κ1) is 18.3. The van der Waals surface area contributed by atoms with E-state index in [2.05, 4.69) is 5.32 Å². The van der Waals surface area contributed by atoms with E-state index in [1.807, 2.05) is 4.72 Å². The van der Waals surface area contributed by atoms with Crippen molar-refractivity contribution in [2.75, 3.05) is 11.9 Å². The summed E-state index contributed by atoms with van der Waals surface area (Å²) in [6, 6.07) is 7.43. The predicted molar refractivity (Wildman–Crippen MR) is 86.4 cm³/mol. The Bertz CT molecular complexity index is 868. The Morgan fingerprint density at radius 3 is 2.38 bits per heavy atom. The molecule has 1 amide bonds. The highest BCUT2D eigenvalue weighted by Gasteiger charge is 2.24. The summed E-state index contributed by atoms with van der Waals surface area (Å²) in [5, 5.41) is 2.86. The Morgan fingerprint density at radius 1 is 1.17 bits per heavy atom. The van der Waals surface area contributed by atoms with Crippen molar-refractivity contribution in [3.05, 3.63) is 58.6 Å². The molecule has 128 valence electrons. The minimum atomic E-state index is -4.51. The van der Waals surface area contributed by atoms with Crippen LogP contribution in [0.3, 0.4) is 0 Å². The van der Waals surface area contributed by atoms with E-state index in [9.17, 15) is 22.0 Å². The summed E-state index contributed by atoms with van der Waals surface area (Å²) in [5.41, 5.74) is 1.18. The fourth-order valence-corrected chi connectivity index (χ4v) is 3.14. The van der Waals surface area contributed by atoms with Crippen LogP contribution in [0.15, 0.2) is 41.3 Å². The predicted octanol–water partition coefficient (Wildman–Crippen LogP) is 2.84. The van der Waals surface area contributed by atoms with Crippen LogP contribution in [0.1, 0.15) is 5.56 Å². The molecule has 0 saturated carbocycles. The van der Waals surface area contributed by atoms with E-state index in [0.29, 0.717) is 10.7 Å². The zero-order valence-corrected chi connectivity index (χ0v) is 14.0. The van der Waals surface area contributed by atoms with E-state index < -0.39 is 39.0 Å². The lowest BCUT2D eigenvalue weighted by atomic mass is 10.2. The number of aryl methyl sites for hydroxylation is 1. The van der Waals surface area contributed by atoms with Crippen LogP contribution >= 0.6 is 11.6 Å². The van der Waals surface area contributed by atoms with Gasteiger partial charge >= 0.3 is 0 Å². The maximum atomic E-state index is 13.5. The number of nitrogens with one attached hydrogen (secondary N) is 2. The zero-order valence-electron chi connectivity index (χ0n) is 12.4. The van der Waals surface area contributed by atoms with E-state index in [4.69, 9.17) is 11.6 Å². The molecule has 0 aliphatic heterocycles. The van der Waals surface area contributed by atoms with Gasteiger partial charge in [0.25, 0.3) is 0 Å². The van der Waals surface area contributed by atoms with Crippen LogP contribution in [0.5, 0.6) is 0 Å². The SMILES string of the molecule is Cc1ccc(NC(=O)CNS(=O)(=O)c2c(F)cccc2F)cc1Cl. The second kappa shape index (κ2) is 7.25. The van der Waals surface area contributed by atoms with E-state index in [0.717, 1.165) is 23.8 Å². The van der Waals surface area contributed by atoms with Gasteiger partial charge in [-0.05, 0) is 36.8 Å². The Balaban J connectivity index is 2.06. The van der Waals surface area contributed by atoms with Gasteiger partial charge in [-0.25, -0.2) is 21.9 Å². The van der Waals surface area contributed by atoms with Gasteiger partial charge < -0.3 is 5.32 Å². The number of hydrogen-bond donors (Lipinski definition) is 2. The molecular weight excluding hydrogens is 362 g/mol. The van der Waals surface area contributed by atoms with Crippen molar-refractivity contribution >= 4 is 33.2 Å². The van der Waals surface area contributed by atoms with E-state index in [1.165, 1.54) is 6.07 Å². The smallest absolute Gasteiger partial charge is 0.246 e. The average molecular weight is 375 g/mol. The quantitative estimate of drug-likeness (QED) is 0.845. The van der Waals surface area contributed by atoms with Crippen molar-refractivity contribution in [1.82, 2.24) is 4.72 Å². The second-order valence-electron chi connectivity index (χ2n) is 4.89. The van der Waals surface area contributed by atoms with Gasteiger partial charge in [-0.15, -0.1) is 0 Å². The second-order valence-corrected chi connectivity index (χ2v) is 7.00. The summed E-state index contributed by atoms with van der Waals surface area (Å²) in [7, 11) is -4.51. The third-order valence-electron chi connectivity index (χ3n) is 3.07. The van der Waals surface area contributed by atoms with Crippen LogP contribution in [-0.4, -0.2) is 20.9 Å². The minimum absolute atomic E-state index is 0.367. The fourth-order valence-electron chi connectivity index (χ4n) is 1.85. The number of halogens is 3. The van der Waals surface area contributed by atoms with Gasteiger partial charge in [0.2, 0.25) is 15.9 Å². The third-order valence-corrected chi connectivity index (χ3v) is 4.93. The topological polar surface area (TPSA) is 75.3 Å². The van der Waals surface area contributed by atoms with Gasteiger partial charge in [-0.2, -0.15) is 0 Å². The minimum Gasteiger partial charge on any atom is -0.325 e. The zero-order chi connectivity index (χ0) is 17.9. The first-order valence-electron chi connectivity index (χ1n) is 6.70. The lowest BCUT2D eigenvalue weighted by molar-refractivity contribution is -0.115. The number of benzene rings is 2. The van der Waals surface area contributed by atoms with Crippen molar-refractivity contribution in [2.24, 2.45) is 0 Å². The van der Waals surface area contributed by atoms with Crippen molar-refractivity contribution < 1.29 is 22.0 Å². The van der Waals surface area contributed by atoms with Gasteiger partial charge in [0.15, 0.2) is 4.90 Å². The first-order chi connectivity index (χ1) is 11.2. The molecule has 0 saturated heterocycles. The summed E-state index contributed by atoms with van der Waals surface area (Å²) < 4.78 is 52.8. The maximum Gasteiger partial charge on any atom is 0.246 e. The van der Waals surface area contributed by atoms with Crippen LogP contribution in [0.4, 0.5) is 14.5 Å². The fraction of sp³-hybridized carbons (Fsp3) is 0.133. The van der Waals surface area contributed by atoms with Gasteiger partial charge in [-0.1, -0.05) is 23.7 Å². The molecule has 0 bridgehead atoms. The number of carbonyl (C=O) groups excluding carboxylic acids is 1. The van der Waals surface area contributed by atoms with E-state index in [1.54, 1.807) is 19.1 Å². The molecule has 2 aromatic carbocycles. The number of hydrogen-bond acceptors (Lipinski definition) is 3. The molecule has 2 aromatic rings. The molecule has 0 aromatic heterocycles. The van der Waals surface area contributed by atoms with Crippen molar-refractivity contribution in [3.63, 3.8) is 0 Å². The van der Waals surface area contributed by atoms with Crippen molar-refractivity contribution in [2.45, 2.75) is 11.8 Å². The number of anilines is 1. The molecule has 0 radical (unpaired) electrons.